The molecule has 1 heterocycles. The average molecular weight is 282 g/mol. The van der Waals surface area contributed by atoms with E-state index in [1.54, 1.807) is 0 Å². The number of hydrogen-bond donors (Lipinski definition) is 2. The number of imide groups is 1. The van der Waals surface area contributed by atoms with Crippen molar-refractivity contribution in [3.8, 4) is 0 Å². The first kappa shape index (κ1) is 15.0. The molecule has 1 aliphatic carbocycles. The maximum atomic E-state index is 11.7. The van der Waals surface area contributed by atoms with Crippen LogP contribution in [0, 0.1) is 11.8 Å². The van der Waals surface area contributed by atoms with Gasteiger partial charge in [-0.25, -0.2) is 0 Å². The van der Waals surface area contributed by atoms with Crippen LogP contribution in [0.2, 0.25) is 0 Å². The highest BCUT2D eigenvalue weighted by Crippen LogP contribution is 2.30. The Balaban J connectivity index is 1.81. The maximum Gasteiger partial charge on any atom is 0.258 e. The van der Waals surface area contributed by atoms with E-state index in [0.717, 1.165) is 25.7 Å². The van der Waals surface area contributed by atoms with Gasteiger partial charge in [0, 0.05) is 19.0 Å². The smallest absolute Gasteiger partial charge is 0.258 e. The standard InChI is InChI=1S/C14H22N2O4/c1-2-15-13(19)10-5-3-9(4-6-10)8-16-12(18)7-11(17)14(16)20/h9-11,17H,2-8H2,1H3,(H,15,19). The van der Waals surface area contributed by atoms with Crippen molar-refractivity contribution in [1.29, 1.82) is 0 Å². The predicted molar refractivity (Wildman–Crippen MR) is 71.5 cm³/mol. The summed E-state index contributed by atoms with van der Waals surface area (Å²) in [6.45, 7) is 2.93. The number of aliphatic hydroxyl groups excluding tert-OH is 1. The first-order valence-electron chi connectivity index (χ1n) is 7.33. The van der Waals surface area contributed by atoms with Gasteiger partial charge in [-0.3, -0.25) is 19.3 Å². The topological polar surface area (TPSA) is 86.7 Å². The van der Waals surface area contributed by atoms with Crippen molar-refractivity contribution in [2.75, 3.05) is 13.1 Å². The molecule has 112 valence electrons. The number of amides is 3. The quantitative estimate of drug-likeness (QED) is 0.713. The summed E-state index contributed by atoms with van der Waals surface area (Å²) < 4.78 is 0. The molecule has 2 rings (SSSR count). The zero-order chi connectivity index (χ0) is 14.7. The molecule has 0 spiro atoms. The first-order valence-corrected chi connectivity index (χ1v) is 7.33. The van der Waals surface area contributed by atoms with Crippen molar-refractivity contribution in [1.82, 2.24) is 10.2 Å². The van der Waals surface area contributed by atoms with Crippen molar-refractivity contribution in [2.24, 2.45) is 11.8 Å². The Bertz CT molecular complexity index is 402. The summed E-state index contributed by atoms with van der Waals surface area (Å²) in [6, 6.07) is 0. The summed E-state index contributed by atoms with van der Waals surface area (Å²) in [7, 11) is 0. The van der Waals surface area contributed by atoms with Crippen LogP contribution in [0.25, 0.3) is 0 Å². The molecule has 0 aromatic heterocycles. The number of rotatable bonds is 4. The van der Waals surface area contributed by atoms with Crippen molar-refractivity contribution < 1.29 is 19.5 Å². The minimum atomic E-state index is -1.16. The Hall–Kier alpha value is -1.43. The minimum absolute atomic E-state index is 0.0572. The van der Waals surface area contributed by atoms with Gasteiger partial charge in [0.1, 0.15) is 6.10 Å². The molecular formula is C14H22N2O4. The van der Waals surface area contributed by atoms with Crippen molar-refractivity contribution in [3.63, 3.8) is 0 Å². The fourth-order valence-corrected chi connectivity index (χ4v) is 3.04. The van der Waals surface area contributed by atoms with Gasteiger partial charge in [0.15, 0.2) is 0 Å². The molecule has 1 atom stereocenters. The summed E-state index contributed by atoms with van der Waals surface area (Å²) in [5.41, 5.74) is 0. The first-order chi connectivity index (χ1) is 9.52. The Labute approximate surface area is 118 Å². The molecule has 1 saturated heterocycles. The molecule has 0 aromatic rings. The van der Waals surface area contributed by atoms with Crippen LogP contribution in [0.1, 0.15) is 39.0 Å². The van der Waals surface area contributed by atoms with E-state index in [-0.39, 0.29) is 30.1 Å². The van der Waals surface area contributed by atoms with Crippen LogP contribution in [-0.2, 0) is 14.4 Å². The average Bonchev–Trinajstić information content (AvgIpc) is 2.66. The zero-order valence-corrected chi connectivity index (χ0v) is 11.8. The van der Waals surface area contributed by atoms with Crippen molar-refractivity contribution in [2.45, 2.75) is 45.1 Å². The second kappa shape index (κ2) is 6.35. The van der Waals surface area contributed by atoms with E-state index in [9.17, 15) is 19.5 Å². The lowest BCUT2D eigenvalue weighted by atomic mass is 9.81. The Morgan fingerprint density at radius 3 is 2.45 bits per heavy atom. The van der Waals surface area contributed by atoms with Gasteiger partial charge in [-0.1, -0.05) is 0 Å². The molecule has 1 unspecified atom stereocenters. The van der Waals surface area contributed by atoms with Crippen LogP contribution in [0.3, 0.4) is 0 Å². The highest BCUT2D eigenvalue weighted by molar-refractivity contribution is 6.04. The van der Waals surface area contributed by atoms with Gasteiger partial charge in [0.2, 0.25) is 11.8 Å². The van der Waals surface area contributed by atoms with Crippen LogP contribution in [0.4, 0.5) is 0 Å². The molecule has 2 N–H and O–H groups in total. The van der Waals surface area contributed by atoms with E-state index >= 15 is 0 Å². The van der Waals surface area contributed by atoms with Gasteiger partial charge in [0.25, 0.3) is 5.91 Å². The lowest BCUT2D eigenvalue weighted by Gasteiger charge is -2.29. The number of hydrogen-bond acceptors (Lipinski definition) is 4. The molecule has 2 fully saturated rings. The molecule has 1 aliphatic heterocycles. The Morgan fingerprint density at radius 2 is 1.95 bits per heavy atom. The lowest BCUT2D eigenvalue weighted by Crippen LogP contribution is -2.39. The summed E-state index contributed by atoms with van der Waals surface area (Å²) in [5, 5.41) is 12.2. The lowest BCUT2D eigenvalue weighted by molar-refractivity contribution is -0.142. The van der Waals surface area contributed by atoms with Gasteiger partial charge in [-0.2, -0.15) is 0 Å². The Kier molecular flexibility index (Phi) is 4.75. The number of nitrogens with one attached hydrogen (secondary N) is 1. The monoisotopic (exact) mass is 282 g/mol. The molecule has 2 aliphatic rings. The third-order valence-corrected chi connectivity index (χ3v) is 4.23. The molecule has 0 radical (unpaired) electrons. The number of likely N-dealkylation sites (tertiary alicyclic amines) is 1. The molecule has 0 bridgehead atoms. The second-order valence-electron chi connectivity index (χ2n) is 5.67. The zero-order valence-electron chi connectivity index (χ0n) is 11.8. The van der Waals surface area contributed by atoms with E-state index in [1.807, 2.05) is 6.92 Å². The summed E-state index contributed by atoms with van der Waals surface area (Å²) in [5.74, 6) is -0.343. The molecule has 6 nitrogen and oxygen atoms in total. The van der Waals surface area contributed by atoms with E-state index in [0.29, 0.717) is 13.1 Å². The van der Waals surface area contributed by atoms with E-state index in [4.69, 9.17) is 0 Å². The third-order valence-electron chi connectivity index (χ3n) is 4.23. The highest BCUT2D eigenvalue weighted by Gasteiger charge is 2.39. The van der Waals surface area contributed by atoms with Crippen LogP contribution < -0.4 is 5.32 Å². The van der Waals surface area contributed by atoms with Crippen LogP contribution in [0.5, 0.6) is 0 Å². The predicted octanol–water partition coefficient (Wildman–Crippen LogP) is 0.0487. The third kappa shape index (κ3) is 3.17. The van der Waals surface area contributed by atoms with Crippen molar-refractivity contribution in [3.05, 3.63) is 0 Å². The number of carbonyl (C=O) groups excluding carboxylic acids is 3. The van der Waals surface area contributed by atoms with Gasteiger partial charge >= 0.3 is 0 Å². The minimum Gasteiger partial charge on any atom is -0.383 e. The van der Waals surface area contributed by atoms with Gasteiger partial charge in [-0.05, 0) is 38.5 Å². The fraction of sp³-hybridized carbons (Fsp3) is 0.786. The number of carbonyl (C=O) groups is 3. The molecule has 3 amide bonds. The van der Waals surface area contributed by atoms with Gasteiger partial charge in [-0.15, -0.1) is 0 Å². The largest absolute Gasteiger partial charge is 0.383 e. The molecular weight excluding hydrogens is 260 g/mol. The van der Waals surface area contributed by atoms with Crippen LogP contribution in [-0.4, -0.2) is 46.9 Å². The van der Waals surface area contributed by atoms with E-state index in [1.165, 1.54) is 4.90 Å². The molecule has 6 heteroatoms. The molecule has 0 aromatic carbocycles. The Morgan fingerprint density at radius 1 is 1.30 bits per heavy atom. The number of nitrogens with zero attached hydrogens (tertiary/aromatic N) is 1. The summed E-state index contributed by atoms with van der Waals surface area (Å²) >= 11 is 0. The normalized spacial score (nSPS) is 30.7. The maximum absolute atomic E-state index is 11.7. The van der Waals surface area contributed by atoms with Crippen LogP contribution >= 0.6 is 0 Å². The van der Waals surface area contributed by atoms with E-state index in [2.05, 4.69) is 5.32 Å². The van der Waals surface area contributed by atoms with Gasteiger partial charge in [0.05, 0.1) is 6.42 Å². The van der Waals surface area contributed by atoms with Crippen LogP contribution in [0.15, 0.2) is 0 Å². The number of aliphatic hydroxyl groups is 1. The van der Waals surface area contributed by atoms with E-state index < -0.39 is 12.0 Å². The summed E-state index contributed by atoms with van der Waals surface area (Å²) in [4.78, 5) is 36.2. The fourth-order valence-electron chi connectivity index (χ4n) is 3.04. The highest BCUT2D eigenvalue weighted by atomic mass is 16.3. The van der Waals surface area contributed by atoms with Crippen molar-refractivity contribution >= 4 is 17.7 Å². The molecule has 1 saturated carbocycles. The second-order valence-corrected chi connectivity index (χ2v) is 5.67. The SMILES string of the molecule is CCNC(=O)C1CCC(CN2C(=O)CC(O)C2=O)CC1. The molecule has 20 heavy (non-hydrogen) atoms. The summed E-state index contributed by atoms with van der Waals surface area (Å²) in [6.07, 6.45) is 2.04. The van der Waals surface area contributed by atoms with Gasteiger partial charge < -0.3 is 10.4 Å².